The minimum atomic E-state index is -4.84. The van der Waals surface area contributed by atoms with Gasteiger partial charge in [0.15, 0.2) is 5.25 Å². The van der Waals surface area contributed by atoms with Gasteiger partial charge in [-0.15, -0.1) is 0 Å². The van der Waals surface area contributed by atoms with E-state index in [1.807, 2.05) is 0 Å². The number of carboxylic acids is 2. The Bertz CT molecular complexity index is 754. The maximum Gasteiger partial charge on any atom is 1.00 e. The Kier molecular flexibility index (Phi) is 17.0. The molecule has 0 aliphatic rings. The van der Waals surface area contributed by atoms with E-state index in [1.165, 1.54) is 31.2 Å². The molecule has 3 atom stereocenters. The molecule has 0 fully saturated rings. The SMILES string of the molecule is CC=CC(c1ccccc1)C(CC)CCCC.O=C(O)CC(C(=O)O)S(=O)(=O)O.[H-].[Na+]. The van der Waals surface area contributed by atoms with E-state index < -0.39 is 33.7 Å². The van der Waals surface area contributed by atoms with Crippen molar-refractivity contribution in [2.75, 3.05) is 0 Å². The zero-order valence-corrected chi connectivity index (χ0v) is 21.0. The molecule has 3 N–H and O–H groups in total. The minimum Gasteiger partial charge on any atom is -1.00 e. The zero-order chi connectivity index (χ0) is 22.4. The van der Waals surface area contributed by atoms with E-state index in [-0.39, 0.29) is 31.0 Å². The molecular formula is C21H33NaO7S. The molecule has 0 saturated heterocycles. The van der Waals surface area contributed by atoms with Crippen molar-refractivity contribution in [3.63, 3.8) is 0 Å². The van der Waals surface area contributed by atoms with Crippen molar-refractivity contribution in [3.8, 4) is 0 Å². The third-order valence-corrected chi connectivity index (χ3v) is 5.63. The van der Waals surface area contributed by atoms with Crippen LogP contribution >= 0.6 is 0 Å². The van der Waals surface area contributed by atoms with Gasteiger partial charge in [0.25, 0.3) is 10.1 Å². The molecule has 1 aromatic carbocycles. The first-order valence-electron chi connectivity index (χ1n) is 9.66. The molecule has 0 spiro atoms. The van der Waals surface area contributed by atoms with Gasteiger partial charge in [0.1, 0.15) is 0 Å². The summed E-state index contributed by atoms with van der Waals surface area (Å²) in [4.78, 5) is 20.0. The van der Waals surface area contributed by atoms with Gasteiger partial charge in [0.2, 0.25) is 0 Å². The van der Waals surface area contributed by atoms with Crippen LogP contribution in [-0.2, 0) is 19.7 Å². The van der Waals surface area contributed by atoms with Crippen LogP contribution in [0.4, 0.5) is 0 Å². The molecule has 1 aromatic rings. The van der Waals surface area contributed by atoms with E-state index in [2.05, 4.69) is 63.3 Å². The topological polar surface area (TPSA) is 129 Å². The molecule has 0 aromatic heterocycles. The maximum absolute atomic E-state index is 10.2. The van der Waals surface area contributed by atoms with Gasteiger partial charge in [-0.05, 0) is 24.8 Å². The van der Waals surface area contributed by atoms with Crippen molar-refractivity contribution in [3.05, 3.63) is 48.0 Å². The van der Waals surface area contributed by atoms with Crippen LogP contribution in [0.3, 0.4) is 0 Å². The molecule has 0 bridgehead atoms. The van der Waals surface area contributed by atoms with Gasteiger partial charge < -0.3 is 11.6 Å². The van der Waals surface area contributed by atoms with Crippen LogP contribution in [0.1, 0.15) is 65.8 Å². The molecule has 0 radical (unpaired) electrons. The number of rotatable bonds is 11. The summed E-state index contributed by atoms with van der Waals surface area (Å²) in [6.45, 7) is 6.72. The van der Waals surface area contributed by atoms with Crippen LogP contribution in [0.25, 0.3) is 0 Å². The van der Waals surface area contributed by atoms with Crippen molar-refractivity contribution >= 4 is 22.1 Å². The molecule has 1 rings (SSSR count). The molecular weight excluding hydrogens is 419 g/mol. The zero-order valence-electron chi connectivity index (χ0n) is 19.2. The average molecular weight is 453 g/mol. The summed E-state index contributed by atoms with van der Waals surface area (Å²) in [5.74, 6) is -2.12. The molecule has 166 valence electrons. The molecule has 0 aliphatic heterocycles. The molecule has 0 amide bonds. The van der Waals surface area contributed by atoms with Crippen LogP contribution in [0.5, 0.6) is 0 Å². The smallest absolute Gasteiger partial charge is 1.00 e. The first-order valence-corrected chi connectivity index (χ1v) is 11.2. The number of benzene rings is 1. The quantitative estimate of drug-likeness (QED) is 0.263. The Morgan fingerprint density at radius 3 is 2.03 bits per heavy atom. The van der Waals surface area contributed by atoms with Crippen LogP contribution in [-0.4, -0.2) is 40.4 Å². The van der Waals surface area contributed by atoms with Gasteiger partial charge >= 0.3 is 41.5 Å². The van der Waals surface area contributed by atoms with Crippen molar-refractivity contribution < 1.29 is 63.8 Å². The van der Waals surface area contributed by atoms with E-state index in [9.17, 15) is 18.0 Å². The Morgan fingerprint density at radius 2 is 1.70 bits per heavy atom. The predicted molar refractivity (Wildman–Crippen MR) is 114 cm³/mol. The van der Waals surface area contributed by atoms with Crippen LogP contribution in [0, 0.1) is 5.92 Å². The number of allylic oxidation sites excluding steroid dienone is 2. The Balaban J connectivity index is -0.000000502. The summed E-state index contributed by atoms with van der Waals surface area (Å²) >= 11 is 0. The van der Waals surface area contributed by atoms with E-state index in [4.69, 9.17) is 14.8 Å². The Labute approximate surface area is 203 Å². The molecule has 9 heteroatoms. The fourth-order valence-corrected chi connectivity index (χ4v) is 3.61. The number of unbranched alkanes of at least 4 members (excludes halogenated alkanes) is 1. The summed E-state index contributed by atoms with van der Waals surface area (Å²) < 4.78 is 28.7. The van der Waals surface area contributed by atoms with Gasteiger partial charge in [-0.25, -0.2) is 0 Å². The molecule has 0 aliphatic carbocycles. The monoisotopic (exact) mass is 452 g/mol. The average Bonchev–Trinajstić information content (AvgIpc) is 2.65. The third kappa shape index (κ3) is 12.5. The normalized spacial score (nSPS) is 14.0. The van der Waals surface area contributed by atoms with Crippen LogP contribution in [0.2, 0.25) is 0 Å². The summed E-state index contributed by atoms with van der Waals surface area (Å²) in [5.41, 5.74) is 1.47. The third-order valence-electron chi connectivity index (χ3n) is 4.54. The first kappa shape index (κ1) is 31.0. The van der Waals surface area contributed by atoms with E-state index in [0.29, 0.717) is 5.92 Å². The van der Waals surface area contributed by atoms with E-state index in [1.54, 1.807) is 0 Å². The Hall–Kier alpha value is -1.19. The molecule has 0 heterocycles. The number of hydrogen-bond acceptors (Lipinski definition) is 4. The van der Waals surface area contributed by atoms with Gasteiger partial charge in [-0.3, -0.25) is 14.1 Å². The van der Waals surface area contributed by atoms with Crippen molar-refractivity contribution in [2.24, 2.45) is 5.92 Å². The largest absolute Gasteiger partial charge is 1.00 e. The molecule has 3 unspecified atom stereocenters. The maximum atomic E-state index is 10.2. The molecule has 0 saturated carbocycles. The number of carboxylic acid groups (broad SMARTS) is 2. The first-order chi connectivity index (χ1) is 13.6. The number of aliphatic carboxylic acids is 2. The van der Waals surface area contributed by atoms with Gasteiger partial charge in [0, 0.05) is 5.92 Å². The molecule has 7 nitrogen and oxygen atoms in total. The van der Waals surface area contributed by atoms with E-state index in [0.717, 1.165) is 5.92 Å². The summed E-state index contributed by atoms with van der Waals surface area (Å²) in [6, 6.07) is 10.9. The summed E-state index contributed by atoms with van der Waals surface area (Å²) in [7, 11) is -4.84. The summed E-state index contributed by atoms with van der Waals surface area (Å²) in [5, 5.41) is 13.9. The van der Waals surface area contributed by atoms with Crippen molar-refractivity contribution in [1.82, 2.24) is 0 Å². The van der Waals surface area contributed by atoms with E-state index >= 15 is 0 Å². The fourth-order valence-electron chi connectivity index (χ4n) is 3.01. The van der Waals surface area contributed by atoms with Crippen LogP contribution < -0.4 is 29.6 Å². The van der Waals surface area contributed by atoms with Gasteiger partial charge in [-0.2, -0.15) is 8.42 Å². The van der Waals surface area contributed by atoms with Crippen molar-refractivity contribution in [1.29, 1.82) is 0 Å². The second-order valence-electron chi connectivity index (χ2n) is 6.71. The van der Waals surface area contributed by atoms with Gasteiger partial charge in [0.05, 0.1) is 6.42 Å². The second kappa shape index (κ2) is 16.5. The molecule has 30 heavy (non-hydrogen) atoms. The fraction of sp³-hybridized carbons (Fsp3) is 0.524. The standard InChI is InChI=1S/C17H26.C4H6O7S.Na.H/c1-4-7-12-15(6-3)17(11-5-2)16-13-9-8-10-14-16;5-3(6)1-2(4(7)8)12(9,10)11;;/h5,8-11,13-15,17H,4,6-7,12H2,1-3H3;2H,1H2,(H,5,6)(H,7,8)(H,9,10,11);;/q;;+1;-1. The van der Waals surface area contributed by atoms with Crippen LogP contribution in [0.15, 0.2) is 42.5 Å². The van der Waals surface area contributed by atoms with Crippen molar-refractivity contribution in [2.45, 2.75) is 64.0 Å². The number of carbonyl (C=O) groups is 2. The predicted octanol–water partition coefficient (Wildman–Crippen LogP) is 1.48. The second-order valence-corrected chi connectivity index (χ2v) is 8.31. The number of hydrogen-bond donors (Lipinski definition) is 3. The minimum absolute atomic E-state index is 0. The van der Waals surface area contributed by atoms with Gasteiger partial charge in [-0.1, -0.05) is 75.6 Å². The summed E-state index contributed by atoms with van der Waals surface area (Å²) in [6.07, 6.45) is 8.67. The Morgan fingerprint density at radius 1 is 1.13 bits per heavy atom.